The summed E-state index contributed by atoms with van der Waals surface area (Å²) < 4.78 is 5.25. The normalized spacial score (nSPS) is 13.0. The van der Waals surface area contributed by atoms with E-state index in [1.165, 1.54) is 0 Å². The van der Waals surface area contributed by atoms with Gasteiger partial charge >= 0.3 is 0 Å². The van der Waals surface area contributed by atoms with Crippen LogP contribution in [0.15, 0.2) is 18.2 Å². The van der Waals surface area contributed by atoms with Gasteiger partial charge in [0.1, 0.15) is 0 Å². The molecular formula is C13H23N3O. The zero-order valence-electron chi connectivity index (χ0n) is 11.0. The summed E-state index contributed by atoms with van der Waals surface area (Å²) in [7, 11) is 3.80. The highest BCUT2D eigenvalue weighted by Gasteiger charge is 2.07. The predicted molar refractivity (Wildman–Crippen MR) is 69.8 cm³/mol. The van der Waals surface area contributed by atoms with E-state index in [1.54, 1.807) is 7.11 Å². The number of pyridine rings is 1. The van der Waals surface area contributed by atoms with Crippen LogP contribution in [0.3, 0.4) is 0 Å². The quantitative estimate of drug-likeness (QED) is 0.774. The SMILES string of the molecule is COC(CN)CCN(C)Cc1cccc(C)n1. The molecule has 1 rings (SSSR count). The first-order chi connectivity index (χ1) is 8.15. The standard InChI is InChI=1S/C13H23N3O/c1-11-5-4-6-12(15-11)10-16(2)8-7-13(9-14)17-3/h4-6,13H,7-10,14H2,1-3H3. The smallest absolute Gasteiger partial charge is 0.0705 e. The molecule has 0 spiro atoms. The van der Waals surface area contributed by atoms with Gasteiger partial charge in [0.05, 0.1) is 11.8 Å². The molecule has 0 fully saturated rings. The first kappa shape index (κ1) is 14.1. The van der Waals surface area contributed by atoms with E-state index in [9.17, 15) is 0 Å². The molecule has 17 heavy (non-hydrogen) atoms. The largest absolute Gasteiger partial charge is 0.380 e. The van der Waals surface area contributed by atoms with E-state index in [1.807, 2.05) is 19.1 Å². The Morgan fingerprint density at radius 2 is 2.24 bits per heavy atom. The van der Waals surface area contributed by atoms with E-state index in [0.717, 1.165) is 30.9 Å². The van der Waals surface area contributed by atoms with Gasteiger partial charge in [-0.25, -0.2) is 0 Å². The van der Waals surface area contributed by atoms with Gasteiger partial charge in [0.2, 0.25) is 0 Å². The summed E-state index contributed by atoms with van der Waals surface area (Å²) in [6, 6.07) is 6.11. The van der Waals surface area contributed by atoms with Crippen LogP contribution in [-0.4, -0.2) is 43.2 Å². The third kappa shape index (κ3) is 5.26. The number of hydrogen-bond acceptors (Lipinski definition) is 4. The predicted octanol–water partition coefficient (Wildman–Crippen LogP) is 1.19. The maximum absolute atomic E-state index is 5.59. The second kappa shape index (κ2) is 7.37. The van der Waals surface area contributed by atoms with Gasteiger partial charge in [-0.3, -0.25) is 4.98 Å². The lowest BCUT2D eigenvalue weighted by atomic mass is 10.2. The fraction of sp³-hybridized carbons (Fsp3) is 0.615. The van der Waals surface area contributed by atoms with Gasteiger partial charge in [0, 0.05) is 32.4 Å². The molecule has 1 atom stereocenters. The Balaban J connectivity index is 2.36. The van der Waals surface area contributed by atoms with Gasteiger partial charge in [0.15, 0.2) is 0 Å². The summed E-state index contributed by atoms with van der Waals surface area (Å²) in [6.07, 6.45) is 1.11. The van der Waals surface area contributed by atoms with Crippen molar-refractivity contribution in [3.8, 4) is 0 Å². The summed E-state index contributed by atoms with van der Waals surface area (Å²) in [4.78, 5) is 6.72. The topological polar surface area (TPSA) is 51.4 Å². The molecule has 0 saturated heterocycles. The van der Waals surface area contributed by atoms with Gasteiger partial charge in [-0.05, 0) is 32.5 Å². The summed E-state index contributed by atoms with van der Waals surface area (Å²) in [5, 5.41) is 0. The number of methoxy groups -OCH3 is 1. The lowest BCUT2D eigenvalue weighted by molar-refractivity contribution is 0.0917. The molecule has 2 N–H and O–H groups in total. The summed E-state index contributed by atoms with van der Waals surface area (Å²) in [6.45, 7) is 4.42. The molecule has 96 valence electrons. The van der Waals surface area contributed by atoms with Crippen LogP contribution in [0, 0.1) is 6.92 Å². The first-order valence-electron chi connectivity index (χ1n) is 5.99. The van der Waals surface area contributed by atoms with Crippen molar-refractivity contribution in [2.45, 2.75) is 26.0 Å². The molecule has 0 aliphatic rings. The highest BCUT2D eigenvalue weighted by molar-refractivity contribution is 5.09. The molecule has 0 saturated carbocycles. The van der Waals surface area contributed by atoms with E-state index < -0.39 is 0 Å². The molecule has 0 radical (unpaired) electrons. The average Bonchev–Trinajstić information content (AvgIpc) is 2.30. The van der Waals surface area contributed by atoms with Gasteiger partial charge in [-0.15, -0.1) is 0 Å². The molecule has 1 unspecified atom stereocenters. The van der Waals surface area contributed by atoms with Crippen molar-refractivity contribution in [1.29, 1.82) is 0 Å². The molecule has 1 heterocycles. The van der Waals surface area contributed by atoms with Crippen LogP contribution < -0.4 is 5.73 Å². The number of aromatic nitrogens is 1. The molecule has 0 aliphatic heterocycles. The van der Waals surface area contributed by atoms with Crippen LogP contribution in [0.1, 0.15) is 17.8 Å². The van der Waals surface area contributed by atoms with Crippen LogP contribution >= 0.6 is 0 Å². The third-order valence-electron chi connectivity index (χ3n) is 2.81. The van der Waals surface area contributed by atoms with Crippen molar-refractivity contribution < 1.29 is 4.74 Å². The molecular weight excluding hydrogens is 214 g/mol. The molecule has 4 nitrogen and oxygen atoms in total. The van der Waals surface area contributed by atoms with Crippen molar-refractivity contribution in [3.05, 3.63) is 29.6 Å². The Morgan fingerprint density at radius 1 is 1.47 bits per heavy atom. The van der Waals surface area contributed by atoms with Crippen molar-refractivity contribution in [2.24, 2.45) is 5.73 Å². The third-order valence-corrected chi connectivity index (χ3v) is 2.81. The number of hydrogen-bond donors (Lipinski definition) is 1. The maximum Gasteiger partial charge on any atom is 0.0705 e. The molecule has 0 aromatic carbocycles. The Bertz CT molecular complexity index is 326. The molecule has 4 heteroatoms. The Hall–Kier alpha value is -0.970. The number of rotatable bonds is 7. The van der Waals surface area contributed by atoms with Gasteiger partial charge in [-0.2, -0.15) is 0 Å². The summed E-state index contributed by atoms with van der Waals surface area (Å²) in [5.74, 6) is 0. The zero-order chi connectivity index (χ0) is 12.7. The van der Waals surface area contributed by atoms with Crippen LogP contribution in [0.4, 0.5) is 0 Å². The van der Waals surface area contributed by atoms with Crippen molar-refractivity contribution in [1.82, 2.24) is 9.88 Å². The zero-order valence-corrected chi connectivity index (χ0v) is 11.0. The molecule has 0 aliphatic carbocycles. The van der Waals surface area contributed by atoms with E-state index in [0.29, 0.717) is 6.54 Å². The minimum absolute atomic E-state index is 0.155. The van der Waals surface area contributed by atoms with Crippen molar-refractivity contribution in [2.75, 3.05) is 27.2 Å². The second-order valence-electron chi connectivity index (χ2n) is 4.39. The number of aryl methyl sites for hydroxylation is 1. The highest BCUT2D eigenvalue weighted by atomic mass is 16.5. The Labute approximate surface area is 104 Å². The van der Waals surface area contributed by atoms with Crippen LogP contribution in [-0.2, 0) is 11.3 Å². The Morgan fingerprint density at radius 3 is 2.82 bits per heavy atom. The van der Waals surface area contributed by atoms with E-state index in [4.69, 9.17) is 10.5 Å². The minimum atomic E-state index is 0.155. The van der Waals surface area contributed by atoms with Gasteiger partial charge < -0.3 is 15.4 Å². The van der Waals surface area contributed by atoms with Crippen LogP contribution in [0.5, 0.6) is 0 Å². The van der Waals surface area contributed by atoms with E-state index in [2.05, 4.69) is 23.0 Å². The molecule has 0 bridgehead atoms. The summed E-state index contributed by atoms with van der Waals surface area (Å²) in [5.41, 5.74) is 7.75. The molecule has 1 aromatic rings. The second-order valence-corrected chi connectivity index (χ2v) is 4.39. The van der Waals surface area contributed by atoms with Gasteiger partial charge in [-0.1, -0.05) is 6.07 Å². The van der Waals surface area contributed by atoms with Crippen molar-refractivity contribution >= 4 is 0 Å². The number of nitrogens with zero attached hydrogens (tertiary/aromatic N) is 2. The minimum Gasteiger partial charge on any atom is -0.380 e. The van der Waals surface area contributed by atoms with Crippen LogP contribution in [0.2, 0.25) is 0 Å². The number of nitrogens with two attached hydrogens (primary N) is 1. The van der Waals surface area contributed by atoms with Crippen molar-refractivity contribution in [3.63, 3.8) is 0 Å². The number of ether oxygens (including phenoxy) is 1. The summed E-state index contributed by atoms with van der Waals surface area (Å²) >= 11 is 0. The highest BCUT2D eigenvalue weighted by Crippen LogP contribution is 2.04. The maximum atomic E-state index is 5.59. The van der Waals surface area contributed by atoms with E-state index >= 15 is 0 Å². The first-order valence-corrected chi connectivity index (χ1v) is 5.99. The fourth-order valence-electron chi connectivity index (χ4n) is 1.74. The van der Waals surface area contributed by atoms with Gasteiger partial charge in [0.25, 0.3) is 0 Å². The van der Waals surface area contributed by atoms with E-state index in [-0.39, 0.29) is 6.10 Å². The van der Waals surface area contributed by atoms with Crippen LogP contribution in [0.25, 0.3) is 0 Å². The Kier molecular flexibility index (Phi) is 6.11. The monoisotopic (exact) mass is 237 g/mol. The molecule has 0 amide bonds. The lowest BCUT2D eigenvalue weighted by Crippen LogP contribution is -2.28. The molecule has 1 aromatic heterocycles. The fourth-order valence-corrected chi connectivity index (χ4v) is 1.74. The lowest BCUT2D eigenvalue weighted by Gasteiger charge is -2.19. The average molecular weight is 237 g/mol.